The Bertz CT molecular complexity index is 869. The third kappa shape index (κ3) is 1.71. The zero-order valence-electron chi connectivity index (χ0n) is 10.5. The largest absolute Gasteiger partial charge is 0.444 e. The number of carbonyl (C=O) groups is 1. The van der Waals surface area contributed by atoms with Crippen molar-refractivity contribution in [3.63, 3.8) is 0 Å². The average molecular weight is 267 g/mol. The molecule has 3 aromatic heterocycles. The molecule has 0 atom stereocenters. The van der Waals surface area contributed by atoms with Gasteiger partial charge < -0.3 is 10.2 Å². The minimum absolute atomic E-state index is 0.0528. The van der Waals surface area contributed by atoms with Gasteiger partial charge in [0, 0.05) is 0 Å². The van der Waals surface area contributed by atoms with Crippen LogP contribution in [0.5, 0.6) is 0 Å². The zero-order valence-corrected chi connectivity index (χ0v) is 10.5. The van der Waals surface area contributed by atoms with E-state index in [0.717, 1.165) is 5.56 Å². The Morgan fingerprint density at radius 3 is 2.95 bits per heavy atom. The standard InChI is InChI=1S/C13H9N5O2/c1-7-4-9(11-3-2-8(5-14)20-11)17-18-10(7)6-16-13(18)12(15)19/h2-4,6H,1H3,(H2,15,19). The molecule has 0 fully saturated rings. The first-order chi connectivity index (χ1) is 9.60. The van der Waals surface area contributed by atoms with Gasteiger partial charge in [0.1, 0.15) is 11.8 Å². The number of nitrogens with zero attached hydrogens (tertiary/aromatic N) is 4. The highest BCUT2D eigenvalue weighted by molar-refractivity contribution is 5.90. The molecule has 0 unspecified atom stereocenters. The van der Waals surface area contributed by atoms with Gasteiger partial charge in [0.05, 0.1) is 11.7 Å². The van der Waals surface area contributed by atoms with Gasteiger partial charge in [-0.3, -0.25) is 4.79 Å². The highest BCUT2D eigenvalue weighted by Gasteiger charge is 2.15. The number of fused-ring (bicyclic) bond motifs is 1. The Balaban J connectivity index is 2.25. The molecule has 0 radical (unpaired) electrons. The second kappa shape index (κ2) is 4.20. The van der Waals surface area contributed by atoms with Gasteiger partial charge in [-0.1, -0.05) is 0 Å². The lowest BCUT2D eigenvalue weighted by molar-refractivity contribution is 0.0988. The van der Waals surface area contributed by atoms with Crippen molar-refractivity contribution < 1.29 is 9.21 Å². The number of aromatic nitrogens is 3. The van der Waals surface area contributed by atoms with Crippen molar-refractivity contribution >= 4 is 11.4 Å². The van der Waals surface area contributed by atoms with Crippen molar-refractivity contribution in [2.24, 2.45) is 5.73 Å². The van der Waals surface area contributed by atoms with Gasteiger partial charge in [0.25, 0.3) is 5.91 Å². The SMILES string of the molecule is Cc1cc(-c2ccc(C#N)o2)nn2c(C(N)=O)ncc12. The van der Waals surface area contributed by atoms with E-state index in [1.54, 1.807) is 18.2 Å². The van der Waals surface area contributed by atoms with Gasteiger partial charge >= 0.3 is 0 Å². The number of carbonyl (C=O) groups excluding carboxylic acids is 1. The number of primary amides is 1. The van der Waals surface area contributed by atoms with Crippen LogP contribution in [0.3, 0.4) is 0 Å². The van der Waals surface area contributed by atoms with Crippen molar-refractivity contribution in [3.05, 3.63) is 41.5 Å². The van der Waals surface area contributed by atoms with E-state index in [0.29, 0.717) is 17.0 Å². The van der Waals surface area contributed by atoms with Crippen LogP contribution in [-0.2, 0) is 0 Å². The average Bonchev–Trinajstić information content (AvgIpc) is 3.05. The van der Waals surface area contributed by atoms with Crippen LogP contribution in [0, 0.1) is 18.3 Å². The second-order valence-corrected chi connectivity index (χ2v) is 4.23. The Hall–Kier alpha value is -3.14. The predicted octanol–water partition coefficient (Wildman–Crippen LogP) is 1.27. The van der Waals surface area contributed by atoms with E-state index >= 15 is 0 Å². The Labute approximate surface area is 113 Å². The quantitative estimate of drug-likeness (QED) is 0.751. The molecule has 98 valence electrons. The van der Waals surface area contributed by atoms with Crippen molar-refractivity contribution in [2.45, 2.75) is 6.92 Å². The molecule has 20 heavy (non-hydrogen) atoms. The summed E-state index contributed by atoms with van der Waals surface area (Å²) in [6, 6.07) is 6.90. The van der Waals surface area contributed by atoms with Crippen LogP contribution in [0.15, 0.2) is 28.8 Å². The van der Waals surface area contributed by atoms with E-state index in [4.69, 9.17) is 15.4 Å². The molecular formula is C13H9N5O2. The van der Waals surface area contributed by atoms with Crippen LogP contribution < -0.4 is 5.73 Å². The van der Waals surface area contributed by atoms with E-state index < -0.39 is 5.91 Å². The lowest BCUT2D eigenvalue weighted by Gasteiger charge is -2.03. The molecule has 3 heterocycles. The van der Waals surface area contributed by atoms with Crippen LogP contribution in [0.2, 0.25) is 0 Å². The minimum atomic E-state index is -0.661. The van der Waals surface area contributed by atoms with Crippen LogP contribution in [0.4, 0.5) is 0 Å². The Kier molecular flexibility index (Phi) is 2.51. The van der Waals surface area contributed by atoms with Gasteiger partial charge in [0.2, 0.25) is 11.6 Å². The van der Waals surface area contributed by atoms with Gasteiger partial charge in [-0.05, 0) is 30.7 Å². The summed E-state index contributed by atoms with van der Waals surface area (Å²) in [5, 5.41) is 13.1. The molecule has 7 nitrogen and oxygen atoms in total. The fourth-order valence-electron chi connectivity index (χ4n) is 1.96. The molecule has 1 amide bonds. The van der Waals surface area contributed by atoms with E-state index in [-0.39, 0.29) is 11.6 Å². The summed E-state index contributed by atoms with van der Waals surface area (Å²) in [4.78, 5) is 15.3. The number of furan rings is 1. The number of hydrogen-bond acceptors (Lipinski definition) is 5. The maximum Gasteiger partial charge on any atom is 0.286 e. The predicted molar refractivity (Wildman–Crippen MR) is 68.7 cm³/mol. The van der Waals surface area contributed by atoms with E-state index in [1.807, 2.05) is 13.0 Å². The van der Waals surface area contributed by atoms with Crippen LogP contribution in [0.25, 0.3) is 17.0 Å². The first-order valence-electron chi connectivity index (χ1n) is 5.75. The fourth-order valence-corrected chi connectivity index (χ4v) is 1.96. The van der Waals surface area contributed by atoms with Crippen LogP contribution >= 0.6 is 0 Å². The molecule has 0 aliphatic rings. The Morgan fingerprint density at radius 2 is 2.30 bits per heavy atom. The van der Waals surface area contributed by atoms with Crippen molar-refractivity contribution in [3.8, 4) is 17.5 Å². The summed E-state index contributed by atoms with van der Waals surface area (Å²) in [5.74, 6) is 0.0270. The maximum absolute atomic E-state index is 11.3. The number of amides is 1. The number of hydrogen-bond donors (Lipinski definition) is 1. The van der Waals surface area contributed by atoms with Gasteiger partial charge in [-0.25, -0.2) is 9.50 Å². The summed E-state index contributed by atoms with van der Waals surface area (Å²) in [6.45, 7) is 1.86. The van der Waals surface area contributed by atoms with E-state index in [9.17, 15) is 4.79 Å². The van der Waals surface area contributed by atoms with E-state index in [2.05, 4.69) is 10.1 Å². The van der Waals surface area contributed by atoms with Crippen molar-refractivity contribution in [2.75, 3.05) is 0 Å². The number of rotatable bonds is 2. The first-order valence-corrected chi connectivity index (χ1v) is 5.75. The van der Waals surface area contributed by atoms with Gasteiger partial charge in [0.15, 0.2) is 5.76 Å². The lowest BCUT2D eigenvalue weighted by atomic mass is 10.2. The van der Waals surface area contributed by atoms with Crippen LogP contribution in [0.1, 0.15) is 21.9 Å². The van der Waals surface area contributed by atoms with Crippen LogP contribution in [-0.4, -0.2) is 20.5 Å². The second-order valence-electron chi connectivity index (χ2n) is 4.23. The monoisotopic (exact) mass is 267 g/mol. The third-order valence-corrected chi connectivity index (χ3v) is 2.89. The minimum Gasteiger partial charge on any atom is -0.444 e. The first kappa shape index (κ1) is 11.9. The number of aryl methyl sites for hydroxylation is 1. The fraction of sp³-hybridized carbons (Fsp3) is 0.0769. The smallest absolute Gasteiger partial charge is 0.286 e. The van der Waals surface area contributed by atoms with Crippen molar-refractivity contribution in [1.82, 2.24) is 14.6 Å². The molecule has 0 spiro atoms. The number of nitriles is 1. The summed E-state index contributed by atoms with van der Waals surface area (Å²) >= 11 is 0. The normalized spacial score (nSPS) is 10.6. The van der Waals surface area contributed by atoms with Gasteiger partial charge in [-0.15, -0.1) is 0 Å². The summed E-state index contributed by atoms with van der Waals surface area (Å²) < 4.78 is 6.70. The van der Waals surface area contributed by atoms with Gasteiger partial charge in [-0.2, -0.15) is 10.4 Å². The third-order valence-electron chi connectivity index (χ3n) is 2.89. The van der Waals surface area contributed by atoms with E-state index in [1.165, 1.54) is 10.7 Å². The molecule has 0 saturated heterocycles. The molecule has 7 heteroatoms. The molecular weight excluding hydrogens is 258 g/mol. The topological polar surface area (TPSA) is 110 Å². The molecule has 0 aliphatic heterocycles. The number of nitrogens with two attached hydrogens (primary N) is 1. The number of imidazole rings is 1. The molecule has 0 aromatic carbocycles. The molecule has 3 aromatic rings. The summed E-state index contributed by atoms with van der Waals surface area (Å²) in [5.41, 5.74) is 7.31. The molecule has 0 aliphatic carbocycles. The molecule has 2 N–H and O–H groups in total. The summed E-state index contributed by atoms with van der Waals surface area (Å²) in [6.07, 6.45) is 1.54. The maximum atomic E-state index is 11.3. The molecule has 3 rings (SSSR count). The highest BCUT2D eigenvalue weighted by Crippen LogP contribution is 2.22. The lowest BCUT2D eigenvalue weighted by Crippen LogP contribution is -2.16. The highest BCUT2D eigenvalue weighted by atomic mass is 16.3. The summed E-state index contributed by atoms with van der Waals surface area (Å²) in [7, 11) is 0. The Morgan fingerprint density at radius 1 is 1.50 bits per heavy atom. The van der Waals surface area contributed by atoms with Crippen molar-refractivity contribution in [1.29, 1.82) is 5.26 Å². The molecule has 0 bridgehead atoms. The zero-order chi connectivity index (χ0) is 14.3. The molecule has 0 saturated carbocycles.